The predicted molar refractivity (Wildman–Crippen MR) is 72.5 cm³/mol. The van der Waals surface area contributed by atoms with Gasteiger partial charge in [-0.2, -0.15) is 0 Å². The van der Waals surface area contributed by atoms with E-state index in [2.05, 4.69) is 10.3 Å². The van der Waals surface area contributed by atoms with Gasteiger partial charge < -0.3 is 20.3 Å². The highest BCUT2D eigenvalue weighted by Gasteiger charge is 2.05. The highest BCUT2D eigenvalue weighted by Crippen LogP contribution is 2.26. The van der Waals surface area contributed by atoms with Crippen LogP contribution >= 0.6 is 0 Å². The standard InChI is InChI=1S/C14H16N2O3/c1-2-19-14-11(4-3-7-15-14)16-9-10-5-6-12(17)13(18)8-10/h3-8,16-18H,2,9H2,1H3. The Hall–Kier alpha value is -2.43. The smallest absolute Gasteiger partial charge is 0.237 e. The molecule has 1 aromatic carbocycles. The van der Waals surface area contributed by atoms with Gasteiger partial charge in [0.25, 0.3) is 0 Å². The van der Waals surface area contributed by atoms with Crippen molar-refractivity contribution >= 4 is 5.69 Å². The normalized spacial score (nSPS) is 10.2. The van der Waals surface area contributed by atoms with Crippen molar-refractivity contribution in [1.29, 1.82) is 0 Å². The Kier molecular flexibility index (Phi) is 4.07. The fraction of sp³-hybridized carbons (Fsp3) is 0.214. The predicted octanol–water partition coefficient (Wildman–Crippen LogP) is 2.50. The molecular weight excluding hydrogens is 244 g/mol. The molecule has 1 aromatic heterocycles. The van der Waals surface area contributed by atoms with Crippen molar-refractivity contribution in [3.63, 3.8) is 0 Å². The van der Waals surface area contributed by atoms with E-state index in [1.165, 1.54) is 12.1 Å². The van der Waals surface area contributed by atoms with Gasteiger partial charge in [-0.25, -0.2) is 4.98 Å². The lowest BCUT2D eigenvalue weighted by atomic mass is 10.2. The Bertz CT molecular complexity index is 558. The number of anilines is 1. The van der Waals surface area contributed by atoms with E-state index in [0.717, 1.165) is 11.3 Å². The van der Waals surface area contributed by atoms with Crippen LogP contribution in [0.3, 0.4) is 0 Å². The summed E-state index contributed by atoms with van der Waals surface area (Å²) in [7, 11) is 0. The molecule has 0 amide bonds. The van der Waals surface area contributed by atoms with Gasteiger partial charge >= 0.3 is 0 Å². The molecule has 3 N–H and O–H groups in total. The molecule has 0 bridgehead atoms. The van der Waals surface area contributed by atoms with Crippen molar-refractivity contribution in [3.05, 3.63) is 42.1 Å². The van der Waals surface area contributed by atoms with Crippen molar-refractivity contribution in [2.75, 3.05) is 11.9 Å². The molecule has 5 nitrogen and oxygen atoms in total. The third kappa shape index (κ3) is 3.28. The first-order chi connectivity index (χ1) is 9.20. The average molecular weight is 260 g/mol. The van der Waals surface area contributed by atoms with Crippen LogP contribution in [0, 0.1) is 0 Å². The average Bonchev–Trinajstić information content (AvgIpc) is 2.42. The maximum atomic E-state index is 9.42. The fourth-order valence-corrected chi connectivity index (χ4v) is 1.65. The Morgan fingerprint density at radius 3 is 2.79 bits per heavy atom. The highest BCUT2D eigenvalue weighted by molar-refractivity contribution is 5.52. The number of nitrogens with one attached hydrogen (secondary N) is 1. The minimum absolute atomic E-state index is 0.125. The molecule has 2 rings (SSSR count). The van der Waals surface area contributed by atoms with E-state index in [1.807, 2.05) is 19.1 Å². The van der Waals surface area contributed by atoms with Crippen LogP contribution in [0.25, 0.3) is 0 Å². The van der Waals surface area contributed by atoms with Crippen LogP contribution in [0.5, 0.6) is 17.4 Å². The second kappa shape index (κ2) is 5.95. The number of phenols is 2. The van der Waals surface area contributed by atoms with E-state index in [-0.39, 0.29) is 11.5 Å². The lowest BCUT2D eigenvalue weighted by Gasteiger charge is -2.11. The summed E-state index contributed by atoms with van der Waals surface area (Å²) in [6, 6.07) is 8.40. The molecule has 0 saturated heterocycles. The zero-order chi connectivity index (χ0) is 13.7. The number of nitrogens with zero attached hydrogens (tertiary/aromatic N) is 1. The molecule has 0 fully saturated rings. The molecule has 0 spiro atoms. The zero-order valence-corrected chi connectivity index (χ0v) is 10.6. The topological polar surface area (TPSA) is 74.6 Å². The SMILES string of the molecule is CCOc1ncccc1NCc1ccc(O)c(O)c1. The summed E-state index contributed by atoms with van der Waals surface area (Å²) < 4.78 is 5.41. The Morgan fingerprint density at radius 1 is 1.21 bits per heavy atom. The number of hydrogen-bond donors (Lipinski definition) is 3. The van der Waals surface area contributed by atoms with Crippen LogP contribution in [-0.2, 0) is 6.54 Å². The molecule has 0 aliphatic carbocycles. The second-order valence-electron chi connectivity index (χ2n) is 3.97. The summed E-state index contributed by atoms with van der Waals surface area (Å²) in [4.78, 5) is 4.14. The third-order valence-corrected chi connectivity index (χ3v) is 2.58. The summed E-state index contributed by atoms with van der Waals surface area (Å²) >= 11 is 0. The van der Waals surface area contributed by atoms with Crippen molar-refractivity contribution in [2.45, 2.75) is 13.5 Å². The van der Waals surface area contributed by atoms with E-state index in [0.29, 0.717) is 19.0 Å². The van der Waals surface area contributed by atoms with Gasteiger partial charge in [0.15, 0.2) is 11.5 Å². The van der Waals surface area contributed by atoms with Gasteiger partial charge in [0.05, 0.1) is 12.3 Å². The van der Waals surface area contributed by atoms with Crippen LogP contribution in [0.1, 0.15) is 12.5 Å². The highest BCUT2D eigenvalue weighted by atomic mass is 16.5. The Morgan fingerprint density at radius 2 is 2.05 bits per heavy atom. The first kappa shape index (κ1) is 13.0. The van der Waals surface area contributed by atoms with Gasteiger partial charge in [-0.3, -0.25) is 0 Å². The van der Waals surface area contributed by atoms with Crippen LogP contribution in [0.4, 0.5) is 5.69 Å². The molecule has 5 heteroatoms. The first-order valence-corrected chi connectivity index (χ1v) is 6.03. The van der Waals surface area contributed by atoms with Crippen LogP contribution in [0.2, 0.25) is 0 Å². The van der Waals surface area contributed by atoms with Gasteiger partial charge in [0.1, 0.15) is 0 Å². The first-order valence-electron chi connectivity index (χ1n) is 6.03. The number of aromatic nitrogens is 1. The number of hydrogen-bond acceptors (Lipinski definition) is 5. The molecule has 0 unspecified atom stereocenters. The van der Waals surface area contributed by atoms with Gasteiger partial charge in [0.2, 0.25) is 5.88 Å². The number of phenolic OH excluding ortho intramolecular Hbond substituents is 2. The molecule has 0 aliphatic heterocycles. The molecule has 0 saturated carbocycles. The molecule has 0 atom stereocenters. The second-order valence-corrected chi connectivity index (χ2v) is 3.97. The van der Waals surface area contributed by atoms with Crippen LogP contribution < -0.4 is 10.1 Å². The van der Waals surface area contributed by atoms with E-state index < -0.39 is 0 Å². The number of aromatic hydroxyl groups is 2. The lowest BCUT2D eigenvalue weighted by Crippen LogP contribution is -2.03. The number of rotatable bonds is 5. The van der Waals surface area contributed by atoms with Crippen molar-refractivity contribution < 1.29 is 14.9 Å². The Balaban J connectivity index is 2.07. The molecule has 19 heavy (non-hydrogen) atoms. The zero-order valence-electron chi connectivity index (χ0n) is 10.6. The molecule has 2 aromatic rings. The number of pyridine rings is 1. The number of benzene rings is 1. The monoisotopic (exact) mass is 260 g/mol. The quantitative estimate of drug-likeness (QED) is 0.720. The lowest BCUT2D eigenvalue weighted by molar-refractivity contribution is 0.328. The van der Waals surface area contributed by atoms with E-state index in [1.54, 1.807) is 12.3 Å². The molecule has 100 valence electrons. The summed E-state index contributed by atoms with van der Waals surface area (Å²) in [5.41, 5.74) is 1.64. The van der Waals surface area contributed by atoms with Gasteiger partial charge in [-0.15, -0.1) is 0 Å². The molecule has 1 heterocycles. The summed E-state index contributed by atoms with van der Waals surface area (Å²) in [5.74, 6) is 0.295. The van der Waals surface area contributed by atoms with Crippen molar-refractivity contribution in [1.82, 2.24) is 4.98 Å². The van der Waals surface area contributed by atoms with E-state index >= 15 is 0 Å². The maximum absolute atomic E-state index is 9.42. The molecular formula is C14H16N2O3. The van der Waals surface area contributed by atoms with E-state index in [9.17, 15) is 10.2 Å². The third-order valence-electron chi connectivity index (χ3n) is 2.58. The van der Waals surface area contributed by atoms with Crippen LogP contribution in [-0.4, -0.2) is 21.8 Å². The van der Waals surface area contributed by atoms with Crippen LogP contribution in [0.15, 0.2) is 36.5 Å². The summed E-state index contributed by atoms with van der Waals surface area (Å²) in [6.07, 6.45) is 1.67. The largest absolute Gasteiger partial charge is 0.504 e. The van der Waals surface area contributed by atoms with Crippen molar-refractivity contribution in [2.24, 2.45) is 0 Å². The minimum Gasteiger partial charge on any atom is -0.504 e. The van der Waals surface area contributed by atoms with Gasteiger partial charge in [0, 0.05) is 12.7 Å². The molecule has 0 radical (unpaired) electrons. The summed E-state index contributed by atoms with van der Waals surface area (Å²) in [6.45, 7) is 2.95. The molecule has 0 aliphatic rings. The maximum Gasteiger partial charge on any atom is 0.237 e. The minimum atomic E-state index is -0.129. The van der Waals surface area contributed by atoms with Gasteiger partial charge in [-0.05, 0) is 36.8 Å². The number of ether oxygens (including phenoxy) is 1. The van der Waals surface area contributed by atoms with Crippen molar-refractivity contribution in [3.8, 4) is 17.4 Å². The summed E-state index contributed by atoms with van der Waals surface area (Å²) in [5, 5.41) is 21.8. The van der Waals surface area contributed by atoms with Gasteiger partial charge in [-0.1, -0.05) is 6.07 Å². The Labute approximate surface area is 111 Å². The van der Waals surface area contributed by atoms with E-state index in [4.69, 9.17) is 4.74 Å². The fourth-order valence-electron chi connectivity index (χ4n) is 1.65.